The van der Waals surface area contributed by atoms with Gasteiger partial charge >= 0.3 is 0 Å². The van der Waals surface area contributed by atoms with Gasteiger partial charge in [0.05, 0.1) is 5.97 Å². The molecule has 0 aliphatic heterocycles. The monoisotopic (exact) mass is 181 g/mol. The van der Waals surface area contributed by atoms with Crippen molar-refractivity contribution in [2.24, 2.45) is 0 Å². The number of carboxylic acid groups (broad SMARTS) is 1. The molecule has 4 heteroatoms. The van der Waals surface area contributed by atoms with Gasteiger partial charge in [-0.05, 0) is 5.56 Å². The highest BCUT2D eigenvalue weighted by molar-refractivity contribution is 5.70. The average Bonchev–Trinajstić information content (AvgIpc) is 2.17. The molecule has 0 saturated carbocycles. The van der Waals surface area contributed by atoms with Crippen molar-refractivity contribution in [1.82, 2.24) is 0 Å². The molecule has 0 aliphatic rings. The Morgan fingerprint density at radius 2 is 1.77 bits per heavy atom. The lowest BCUT2D eigenvalue weighted by Crippen LogP contribution is -2.39. The van der Waals surface area contributed by atoms with Crippen LogP contribution in [0.2, 0.25) is 0 Å². The van der Waals surface area contributed by atoms with Crippen LogP contribution in [0.25, 0.3) is 0 Å². The normalized spacial score (nSPS) is 14.9. The number of hydrogen-bond acceptors (Lipinski definition) is 4. The SMILES string of the molecule is O=C([O-])[C@@H](O)[C@H](O)c1ccccc1. The van der Waals surface area contributed by atoms with Crippen LogP contribution in [0.15, 0.2) is 30.3 Å². The lowest BCUT2D eigenvalue weighted by molar-refractivity contribution is -0.318. The van der Waals surface area contributed by atoms with E-state index in [4.69, 9.17) is 5.11 Å². The molecule has 0 heterocycles. The number of aliphatic hydroxyl groups is 2. The predicted molar refractivity (Wildman–Crippen MR) is 42.4 cm³/mol. The molecule has 4 nitrogen and oxygen atoms in total. The van der Waals surface area contributed by atoms with Gasteiger partial charge in [0.25, 0.3) is 0 Å². The van der Waals surface area contributed by atoms with E-state index in [1.807, 2.05) is 0 Å². The summed E-state index contributed by atoms with van der Waals surface area (Å²) in [6.07, 6.45) is -3.33. The average molecular weight is 181 g/mol. The highest BCUT2D eigenvalue weighted by Crippen LogP contribution is 2.15. The van der Waals surface area contributed by atoms with E-state index in [9.17, 15) is 15.0 Å². The van der Waals surface area contributed by atoms with Gasteiger partial charge in [-0.25, -0.2) is 0 Å². The Bertz CT molecular complexity index is 283. The molecule has 2 atom stereocenters. The zero-order valence-corrected chi connectivity index (χ0v) is 6.75. The molecule has 0 radical (unpaired) electrons. The van der Waals surface area contributed by atoms with Crippen LogP contribution in [0.3, 0.4) is 0 Å². The summed E-state index contributed by atoms with van der Waals surface area (Å²) >= 11 is 0. The molecule has 0 fully saturated rings. The molecule has 1 rings (SSSR count). The van der Waals surface area contributed by atoms with Gasteiger partial charge in [-0.2, -0.15) is 0 Å². The second kappa shape index (κ2) is 4.02. The maximum Gasteiger partial charge on any atom is 0.123 e. The van der Waals surface area contributed by atoms with E-state index in [-0.39, 0.29) is 0 Å². The van der Waals surface area contributed by atoms with E-state index in [0.29, 0.717) is 5.56 Å². The van der Waals surface area contributed by atoms with Crippen LogP contribution in [0.1, 0.15) is 11.7 Å². The first-order valence-corrected chi connectivity index (χ1v) is 3.75. The maximum absolute atomic E-state index is 10.2. The molecular formula is C9H9O4-. The summed E-state index contributed by atoms with van der Waals surface area (Å²) in [5, 5.41) is 28.4. The van der Waals surface area contributed by atoms with Gasteiger partial charge in [-0.3, -0.25) is 0 Å². The van der Waals surface area contributed by atoms with Gasteiger partial charge in [0, 0.05) is 0 Å². The van der Waals surface area contributed by atoms with Crippen LogP contribution in [-0.2, 0) is 4.79 Å². The smallest absolute Gasteiger partial charge is 0.123 e. The summed E-state index contributed by atoms with van der Waals surface area (Å²) in [5.74, 6) is -1.68. The first-order chi connectivity index (χ1) is 6.13. The molecule has 0 aliphatic carbocycles. The Morgan fingerprint density at radius 3 is 2.23 bits per heavy atom. The topological polar surface area (TPSA) is 80.6 Å². The second-order valence-corrected chi connectivity index (χ2v) is 2.62. The van der Waals surface area contributed by atoms with E-state index in [0.717, 1.165) is 0 Å². The van der Waals surface area contributed by atoms with Crippen LogP contribution < -0.4 is 5.11 Å². The molecule has 1 aromatic rings. The number of aliphatic carboxylic acids is 1. The zero-order valence-electron chi connectivity index (χ0n) is 6.75. The van der Waals surface area contributed by atoms with Gasteiger partial charge in [-0.1, -0.05) is 30.3 Å². The van der Waals surface area contributed by atoms with Crippen LogP contribution in [0.4, 0.5) is 0 Å². The lowest BCUT2D eigenvalue weighted by atomic mass is 10.1. The zero-order chi connectivity index (χ0) is 9.84. The molecule has 2 N–H and O–H groups in total. The lowest BCUT2D eigenvalue weighted by Gasteiger charge is -2.18. The van der Waals surface area contributed by atoms with Crippen molar-refractivity contribution in [1.29, 1.82) is 0 Å². The number of carbonyl (C=O) groups is 1. The van der Waals surface area contributed by atoms with Crippen LogP contribution in [-0.4, -0.2) is 22.3 Å². The number of benzene rings is 1. The maximum atomic E-state index is 10.2. The Morgan fingerprint density at radius 1 is 1.23 bits per heavy atom. The van der Waals surface area contributed by atoms with Crippen molar-refractivity contribution >= 4 is 5.97 Å². The Kier molecular flexibility index (Phi) is 3.00. The van der Waals surface area contributed by atoms with Gasteiger partial charge in [0.15, 0.2) is 0 Å². The van der Waals surface area contributed by atoms with E-state index >= 15 is 0 Å². The molecular weight excluding hydrogens is 172 g/mol. The fourth-order valence-electron chi connectivity index (χ4n) is 0.961. The summed E-state index contributed by atoms with van der Waals surface area (Å²) in [4.78, 5) is 10.2. The first-order valence-electron chi connectivity index (χ1n) is 3.75. The highest BCUT2D eigenvalue weighted by atomic mass is 16.4. The summed E-state index contributed by atoms with van der Waals surface area (Å²) in [6.45, 7) is 0. The summed E-state index contributed by atoms with van der Waals surface area (Å²) in [5.41, 5.74) is 0.346. The number of hydrogen-bond donors (Lipinski definition) is 2. The second-order valence-electron chi connectivity index (χ2n) is 2.62. The number of carboxylic acids is 1. The number of carbonyl (C=O) groups excluding carboxylic acids is 1. The third kappa shape index (κ3) is 2.27. The van der Waals surface area contributed by atoms with Crippen LogP contribution >= 0.6 is 0 Å². The van der Waals surface area contributed by atoms with Crippen LogP contribution in [0, 0.1) is 0 Å². The quantitative estimate of drug-likeness (QED) is 0.615. The number of aliphatic hydroxyl groups excluding tert-OH is 2. The Labute approximate surface area is 75.1 Å². The van der Waals surface area contributed by atoms with Gasteiger partial charge < -0.3 is 20.1 Å². The summed E-state index contributed by atoms with van der Waals surface area (Å²) < 4.78 is 0. The molecule has 0 saturated heterocycles. The third-order valence-corrected chi connectivity index (χ3v) is 1.68. The highest BCUT2D eigenvalue weighted by Gasteiger charge is 2.18. The minimum Gasteiger partial charge on any atom is -0.547 e. The fraction of sp³-hybridized carbons (Fsp3) is 0.222. The van der Waals surface area contributed by atoms with Gasteiger partial charge in [0.2, 0.25) is 0 Å². The standard InChI is InChI=1S/C9H10O4/c10-7(8(11)9(12)13)6-4-2-1-3-5-6/h1-5,7-8,10-11H,(H,12,13)/p-1/t7-,8+/m1/s1. The first kappa shape index (κ1) is 9.70. The Balaban J connectivity index is 2.79. The van der Waals surface area contributed by atoms with Crippen molar-refractivity contribution < 1.29 is 20.1 Å². The minimum absolute atomic E-state index is 0.346. The fourth-order valence-corrected chi connectivity index (χ4v) is 0.961. The van der Waals surface area contributed by atoms with Crippen molar-refractivity contribution in [2.45, 2.75) is 12.2 Å². The molecule has 0 bridgehead atoms. The molecule has 0 unspecified atom stereocenters. The molecule has 1 aromatic carbocycles. The van der Waals surface area contributed by atoms with Crippen molar-refractivity contribution in [3.8, 4) is 0 Å². The Hall–Kier alpha value is -1.39. The minimum atomic E-state index is -1.89. The van der Waals surface area contributed by atoms with E-state index in [2.05, 4.69) is 0 Å². The molecule has 0 aromatic heterocycles. The van der Waals surface area contributed by atoms with E-state index in [1.54, 1.807) is 18.2 Å². The van der Waals surface area contributed by atoms with Crippen molar-refractivity contribution in [3.63, 3.8) is 0 Å². The van der Waals surface area contributed by atoms with Gasteiger partial charge in [-0.15, -0.1) is 0 Å². The van der Waals surface area contributed by atoms with E-state index < -0.39 is 18.2 Å². The van der Waals surface area contributed by atoms with Gasteiger partial charge in [0.1, 0.15) is 12.2 Å². The number of rotatable bonds is 3. The largest absolute Gasteiger partial charge is 0.547 e. The molecule has 13 heavy (non-hydrogen) atoms. The van der Waals surface area contributed by atoms with Crippen molar-refractivity contribution in [3.05, 3.63) is 35.9 Å². The van der Waals surface area contributed by atoms with Crippen molar-refractivity contribution in [2.75, 3.05) is 0 Å². The predicted octanol–water partition coefficient (Wildman–Crippen LogP) is -1.17. The third-order valence-electron chi connectivity index (χ3n) is 1.68. The molecule has 70 valence electrons. The summed E-state index contributed by atoms with van der Waals surface area (Å²) in [6, 6.07) is 8.05. The summed E-state index contributed by atoms with van der Waals surface area (Å²) in [7, 11) is 0. The molecule has 0 spiro atoms. The van der Waals surface area contributed by atoms with Crippen LogP contribution in [0.5, 0.6) is 0 Å². The molecule has 0 amide bonds. The van der Waals surface area contributed by atoms with E-state index in [1.165, 1.54) is 12.1 Å².